The molecule has 1 atom stereocenters. The van der Waals surface area contributed by atoms with Crippen LogP contribution in [0.2, 0.25) is 0 Å². The maximum Gasteiger partial charge on any atom is 0.223 e. The first-order valence-electron chi connectivity index (χ1n) is 6.10. The first kappa shape index (κ1) is 12.6. The molecule has 1 aromatic carbocycles. The van der Waals surface area contributed by atoms with Gasteiger partial charge in [0, 0.05) is 32.6 Å². The standard InChI is InChI=1S/C14H18N2O2/c1-9(17)15-13-6-11-4-5-14(8-12(11)7-13)16(3)10(2)18/h4-5,8,13H,6-7H2,1-3H3,(H,15,17). The number of benzene rings is 1. The van der Waals surface area contributed by atoms with E-state index in [1.165, 1.54) is 18.1 Å². The zero-order valence-electron chi connectivity index (χ0n) is 11.0. The number of rotatable bonds is 2. The van der Waals surface area contributed by atoms with Gasteiger partial charge in [0.05, 0.1) is 0 Å². The number of hydrogen-bond donors (Lipinski definition) is 1. The van der Waals surface area contributed by atoms with E-state index in [1.807, 2.05) is 18.2 Å². The zero-order chi connectivity index (χ0) is 13.3. The summed E-state index contributed by atoms with van der Waals surface area (Å²) in [4.78, 5) is 24.0. The van der Waals surface area contributed by atoms with Crippen molar-refractivity contribution < 1.29 is 9.59 Å². The van der Waals surface area contributed by atoms with Gasteiger partial charge in [-0.1, -0.05) is 6.07 Å². The summed E-state index contributed by atoms with van der Waals surface area (Å²) in [6, 6.07) is 6.23. The van der Waals surface area contributed by atoms with Crippen LogP contribution in [0.1, 0.15) is 25.0 Å². The summed E-state index contributed by atoms with van der Waals surface area (Å²) >= 11 is 0. The second kappa shape index (κ2) is 4.80. The van der Waals surface area contributed by atoms with Crippen LogP contribution in [0.25, 0.3) is 0 Å². The lowest BCUT2D eigenvalue weighted by molar-refractivity contribution is -0.119. The van der Waals surface area contributed by atoms with Gasteiger partial charge in [-0.25, -0.2) is 0 Å². The molecule has 2 rings (SSSR count). The monoisotopic (exact) mass is 246 g/mol. The van der Waals surface area contributed by atoms with Crippen LogP contribution in [-0.4, -0.2) is 24.9 Å². The van der Waals surface area contributed by atoms with Crippen molar-refractivity contribution in [2.75, 3.05) is 11.9 Å². The third-order valence-electron chi connectivity index (χ3n) is 3.39. The van der Waals surface area contributed by atoms with Gasteiger partial charge in [0.15, 0.2) is 0 Å². The predicted octanol–water partition coefficient (Wildman–Crippen LogP) is 1.27. The summed E-state index contributed by atoms with van der Waals surface area (Å²) < 4.78 is 0. The molecule has 2 amide bonds. The summed E-state index contributed by atoms with van der Waals surface area (Å²) in [6.07, 6.45) is 1.72. The Morgan fingerprint density at radius 2 is 1.89 bits per heavy atom. The second-order valence-corrected chi connectivity index (χ2v) is 4.84. The SMILES string of the molecule is CC(=O)NC1Cc2ccc(N(C)C(C)=O)cc2C1. The lowest BCUT2D eigenvalue weighted by Crippen LogP contribution is -2.33. The fourth-order valence-corrected chi connectivity index (χ4v) is 2.38. The van der Waals surface area contributed by atoms with Gasteiger partial charge in [-0.15, -0.1) is 0 Å². The first-order valence-corrected chi connectivity index (χ1v) is 6.10. The Labute approximate surface area is 107 Å². The number of carbonyl (C=O) groups excluding carboxylic acids is 2. The van der Waals surface area contributed by atoms with Crippen molar-refractivity contribution >= 4 is 17.5 Å². The zero-order valence-corrected chi connectivity index (χ0v) is 11.0. The van der Waals surface area contributed by atoms with Crippen molar-refractivity contribution in [1.82, 2.24) is 5.32 Å². The van der Waals surface area contributed by atoms with Crippen molar-refractivity contribution in [2.45, 2.75) is 32.7 Å². The van der Waals surface area contributed by atoms with Crippen LogP contribution in [0.5, 0.6) is 0 Å². The Balaban J connectivity index is 2.17. The summed E-state index contributed by atoms with van der Waals surface area (Å²) in [6.45, 7) is 3.09. The molecule has 1 unspecified atom stereocenters. The molecule has 4 nitrogen and oxygen atoms in total. The molecule has 0 aliphatic heterocycles. The van der Waals surface area contributed by atoms with Gasteiger partial charge < -0.3 is 10.2 Å². The number of anilines is 1. The molecule has 0 aromatic heterocycles. The fraction of sp³-hybridized carbons (Fsp3) is 0.429. The Morgan fingerprint density at radius 3 is 2.50 bits per heavy atom. The molecule has 0 bridgehead atoms. The third-order valence-corrected chi connectivity index (χ3v) is 3.39. The maximum atomic E-state index is 11.3. The van der Waals surface area contributed by atoms with Crippen LogP contribution < -0.4 is 10.2 Å². The molecule has 0 heterocycles. The van der Waals surface area contributed by atoms with E-state index in [1.54, 1.807) is 18.9 Å². The summed E-state index contributed by atoms with van der Waals surface area (Å²) in [5, 5.41) is 2.94. The van der Waals surface area contributed by atoms with E-state index in [0.29, 0.717) is 0 Å². The van der Waals surface area contributed by atoms with Gasteiger partial charge in [0.25, 0.3) is 0 Å². The first-order chi connectivity index (χ1) is 8.47. The summed E-state index contributed by atoms with van der Waals surface area (Å²) in [7, 11) is 1.77. The Hall–Kier alpha value is -1.84. The van der Waals surface area contributed by atoms with Crippen LogP contribution in [0, 0.1) is 0 Å². The minimum absolute atomic E-state index is 0.00823. The molecular weight excluding hydrogens is 228 g/mol. The number of nitrogens with zero attached hydrogens (tertiary/aromatic N) is 1. The normalized spacial score (nSPS) is 17.2. The van der Waals surface area contributed by atoms with Crippen LogP contribution in [-0.2, 0) is 22.4 Å². The van der Waals surface area contributed by atoms with Crippen LogP contribution >= 0.6 is 0 Å². The molecule has 0 saturated heterocycles. The highest BCUT2D eigenvalue weighted by Gasteiger charge is 2.22. The molecule has 0 spiro atoms. The van der Waals surface area contributed by atoms with E-state index in [0.717, 1.165) is 18.5 Å². The molecule has 1 N–H and O–H groups in total. The van der Waals surface area contributed by atoms with E-state index < -0.39 is 0 Å². The number of hydrogen-bond acceptors (Lipinski definition) is 2. The van der Waals surface area contributed by atoms with E-state index in [9.17, 15) is 9.59 Å². The molecule has 1 aliphatic rings. The quantitative estimate of drug-likeness (QED) is 0.854. The molecule has 1 aliphatic carbocycles. The van der Waals surface area contributed by atoms with E-state index in [2.05, 4.69) is 5.32 Å². The van der Waals surface area contributed by atoms with Crippen molar-refractivity contribution in [3.05, 3.63) is 29.3 Å². The average Bonchev–Trinajstić information content (AvgIpc) is 2.67. The van der Waals surface area contributed by atoms with Gasteiger partial charge in [0.1, 0.15) is 0 Å². The molecule has 0 fully saturated rings. The van der Waals surface area contributed by atoms with Gasteiger partial charge in [-0.2, -0.15) is 0 Å². The van der Waals surface area contributed by atoms with E-state index in [-0.39, 0.29) is 17.9 Å². The highest BCUT2D eigenvalue weighted by atomic mass is 16.2. The molecule has 1 aromatic rings. The lowest BCUT2D eigenvalue weighted by atomic mass is 10.1. The highest BCUT2D eigenvalue weighted by Crippen LogP contribution is 2.26. The third kappa shape index (κ3) is 2.53. The molecular formula is C14H18N2O2. The van der Waals surface area contributed by atoms with Gasteiger partial charge >= 0.3 is 0 Å². The Morgan fingerprint density at radius 1 is 1.22 bits per heavy atom. The van der Waals surface area contributed by atoms with Crippen LogP contribution in [0.3, 0.4) is 0 Å². The van der Waals surface area contributed by atoms with E-state index >= 15 is 0 Å². The molecule has 18 heavy (non-hydrogen) atoms. The van der Waals surface area contributed by atoms with Crippen molar-refractivity contribution in [3.63, 3.8) is 0 Å². The number of fused-ring (bicyclic) bond motifs is 1. The van der Waals surface area contributed by atoms with Gasteiger partial charge in [-0.05, 0) is 36.1 Å². The van der Waals surface area contributed by atoms with Crippen molar-refractivity contribution in [1.29, 1.82) is 0 Å². The fourth-order valence-electron chi connectivity index (χ4n) is 2.38. The Kier molecular flexibility index (Phi) is 3.36. The summed E-state index contributed by atoms with van der Waals surface area (Å²) in [5.41, 5.74) is 3.39. The minimum atomic E-state index is 0.00823. The summed E-state index contributed by atoms with van der Waals surface area (Å²) in [5.74, 6) is 0.0280. The largest absolute Gasteiger partial charge is 0.353 e. The molecule has 0 radical (unpaired) electrons. The predicted molar refractivity (Wildman–Crippen MR) is 70.5 cm³/mol. The molecule has 96 valence electrons. The van der Waals surface area contributed by atoms with Crippen molar-refractivity contribution in [3.8, 4) is 0 Å². The highest BCUT2D eigenvalue weighted by molar-refractivity contribution is 5.91. The van der Waals surface area contributed by atoms with E-state index in [4.69, 9.17) is 0 Å². The smallest absolute Gasteiger partial charge is 0.223 e. The average molecular weight is 246 g/mol. The van der Waals surface area contributed by atoms with Gasteiger partial charge in [-0.3, -0.25) is 9.59 Å². The topological polar surface area (TPSA) is 49.4 Å². The number of carbonyl (C=O) groups is 2. The lowest BCUT2D eigenvalue weighted by Gasteiger charge is -2.15. The number of nitrogens with one attached hydrogen (secondary N) is 1. The van der Waals surface area contributed by atoms with Crippen molar-refractivity contribution in [2.24, 2.45) is 0 Å². The molecule has 4 heteroatoms. The van der Waals surface area contributed by atoms with Crippen LogP contribution in [0.15, 0.2) is 18.2 Å². The maximum absolute atomic E-state index is 11.3. The second-order valence-electron chi connectivity index (χ2n) is 4.84. The van der Waals surface area contributed by atoms with Crippen LogP contribution in [0.4, 0.5) is 5.69 Å². The van der Waals surface area contributed by atoms with Gasteiger partial charge in [0.2, 0.25) is 11.8 Å². The molecule has 0 saturated carbocycles. The number of amides is 2. The Bertz CT molecular complexity index is 497. The minimum Gasteiger partial charge on any atom is -0.353 e.